The van der Waals surface area contributed by atoms with Gasteiger partial charge in [-0.1, -0.05) is 0 Å². The quantitative estimate of drug-likeness (QED) is 0.723. The van der Waals surface area contributed by atoms with Gasteiger partial charge in [0.15, 0.2) is 0 Å². The van der Waals surface area contributed by atoms with E-state index in [9.17, 15) is 14.7 Å². The Morgan fingerprint density at radius 3 is 2.79 bits per heavy atom. The lowest BCUT2D eigenvalue weighted by atomic mass is 10.2. The summed E-state index contributed by atoms with van der Waals surface area (Å²) in [7, 11) is 0. The maximum atomic E-state index is 12.5. The third-order valence-electron chi connectivity index (χ3n) is 3.97. The zero-order valence-corrected chi connectivity index (χ0v) is 13.1. The van der Waals surface area contributed by atoms with Gasteiger partial charge in [0, 0.05) is 38.6 Å². The van der Waals surface area contributed by atoms with E-state index in [1.807, 2.05) is 0 Å². The molecule has 1 saturated heterocycles. The van der Waals surface area contributed by atoms with E-state index in [0.717, 1.165) is 0 Å². The van der Waals surface area contributed by atoms with Crippen molar-refractivity contribution >= 4 is 17.6 Å². The molecule has 0 saturated carbocycles. The van der Waals surface area contributed by atoms with Gasteiger partial charge in [0.1, 0.15) is 11.5 Å². The van der Waals surface area contributed by atoms with Gasteiger partial charge in [-0.05, 0) is 24.3 Å². The fraction of sp³-hybridized carbons (Fsp3) is 0.312. The highest BCUT2D eigenvalue weighted by atomic mass is 16.3. The number of nitrogens with zero attached hydrogens (tertiary/aromatic N) is 3. The lowest BCUT2D eigenvalue weighted by molar-refractivity contribution is 0.0669. The molecule has 1 aliphatic heterocycles. The van der Waals surface area contributed by atoms with Gasteiger partial charge >= 0.3 is 0 Å². The van der Waals surface area contributed by atoms with Crippen LogP contribution in [-0.2, 0) is 0 Å². The number of carbonyl (C=O) groups excluding carboxylic acids is 2. The van der Waals surface area contributed by atoms with E-state index < -0.39 is 12.0 Å². The smallest absolute Gasteiger partial charge is 0.270 e. The van der Waals surface area contributed by atoms with Crippen LogP contribution in [0.2, 0.25) is 0 Å². The maximum absolute atomic E-state index is 12.5. The zero-order chi connectivity index (χ0) is 17.1. The van der Waals surface area contributed by atoms with E-state index in [2.05, 4.69) is 9.97 Å². The number of rotatable bonds is 3. The SMILES string of the molecule is NC(=O)c1cccnc1N1CCN(C(=O)c2ccc[nH]2)CC(O)C1. The minimum absolute atomic E-state index is 0.169. The standard InChI is InChI=1S/C16H19N5O3/c17-14(23)12-3-1-6-19-15(12)20-7-8-21(10-11(22)9-20)16(24)13-4-2-5-18-13/h1-6,11,18,22H,7-10H2,(H2,17,23). The van der Waals surface area contributed by atoms with E-state index in [-0.39, 0.29) is 19.0 Å². The maximum Gasteiger partial charge on any atom is 0.270 e. The number of carbonyl (C=O) groups is 2. The molecule has 1 unspecified atom stereocenters. The molecule has 2 amide bonds. The minimum Gasteiger partial charge on any atom is -0.389 e. The first-order valence-electron chi connectivity index (χ1n) is 7.66. The van der Waals surface area contributed by atoms with Crippen molar-refractivity contribution in [3.8, 4) is 0 Å². The molecule has 8 nitrogen and oxygen atoms in total. The minimum atomic E-state index is -0.755. The number of pyridine rings is 1. The first kappa shape index (κ1) is 16.0. The van der Waals surface area contributed by atoms with Crippen molar-refractivity contribution in [1.82, 2.24) is 14.9 Å². The molecule has 126 valence electrons. The van der Waals surface area contributed by atoms with Gasteiger partial charge in [-0.25, -0.2) is 4.98 Å². The number of primary amides is 1. The molecule has 0 spiro atoms. The summed E-state index contributed by atoms with van der Waals surface area (Å²) in [4.78, 5) is 34.5. The zero-order valence-electron chi connectivity index (χ0n) is 13.1. The molecule has 0 aromatic carbocycles. The average molecular weight is 329 g/mol. The predicted molar refractivity (Wildman–Crippen MR) is 87.7 cm³/mol. The summed E-state index contributed by atoms with van der Waals surface area (Å²) in [5, 5.41) is 10.3. The number of aromatic amines is 1. The Labute approximate surface area is 138 Å². The van der Waals surface area contributed by atoms with Crippen LogP contribution in [0.5, 0.6) is 0 Å². The summed E-state index contributed by atoms with van der Waals surface area (Å²) in [5.74, 6) is -0.313. The number of hydrogen-bond donors (Lipinski definition) is 3. The molecule has 1 fully saturated rings. The number of aliphatic hydroxyl groups excluding tert-OH is 1. The van der Waals surface area contributed by atoms with E-state index in [1.165, 1.54) is 0 Å². The number of anilines is 1. The predicted octanol–water partition coefficient (Wildman–Crippen LogP) is -0.168. The Kier molecular flexibility index (Phi) is 4.48. The van der Waals surface area contributed by atoms with Crippen LogP contribution >= 0.6 is 0 Å². The lowest BCUT2D eigenvalue weighted by Gasteiger charge is -2.24. The Morgan fingerprint density at radius 1 is 1.25 bits per heavy atom. The van der Waals surface area contributed by atoms with Crippen molar-refractivity contribution in [2.75, 3.05) is 31.1 Å². The molecule has 3 rings (SSSR count). The van der Waals surface area contributed by atoms with Crippen LogP contribution in [-0.4, -0.2) is 64.1 Å². The summed E-state index contributed by atoms with van der Waals surface area (Å²) >= 11 is 0. The summed E-state index contributed by atoms with van der Waals surface area (Å²) in [6.07, 6.45) is 2.50. The Bertz CT molecular complexity index is 731. The summed E-state index contributed by atoms with van der Waals surface area (Å²) in [5.41, 5.74) is 6.18. The van der Waals surface area contributed by atoms with Gasteiger partial charge in [0.2, 0.25) is 0 Å². The van der Waals surface area contributed by atoms with Crippen molar-refractivity contribution in [3.05, 3.63) is 47.9 Å². The molecule has 8 heteroatoms. The molecule has 2 aromatic rings. The van der Waals surface area contributed by atoms with E-state index in [1.54, 1.807) is 46.5 Å². The first-order valence-corrected chi connectivity index (χ1v) is 7.66. The van der Waals surface area contributed by atoms with Gasteiger partial charge in [-0.15, -0.1) is 0 Å². The Balaban J connectivity index is 1.80. The second-order valence-corrected chi connectivity index (χ2v) is 5.67. The topological polar surface area (TPSA) is 116 Å². The molecular formula is C16H19N5O3. The molecule has 2 aromatic heterocycles. The van der Waals surface area contributed by atoms with Crippen LogP contribution < -0.4 is 10.6 Å². The molecule has 4 N–H and O–H groups in total. The number of nitrogens with two attached hydrogens (primary N) is 1. The Morgan fingerprint density at radius 2 is 2.08 bits per heavy atom. The molecule has 0 radical (unpaired) electrons. The molecule has 0 aliphatic carbocycles. The molecule has 24 heavy (non-hydrogen) atoms. The van der Waals surface area contributed by atoms with Gasteiger partial charge in [0.25, 0.3) is 11.8 Å². The van der Waals surface area contributed by atoms with E-state index >= 15 is 0 Å². The van der Waals surface area contributed by atoms with Crippen molar-refractivity contribution in [2.45, 2.75) is 6.10 Å². The highest BCUT2D eigenvalue weighted by molar-refractivity contribution is 5.97. The van der Waals surface area contributed by atoms with Crippen LogP contribution in [0.1, 0.15) is 20.8 Å². The normalized spacial score (nSPS) is 18.3. The Hall–Kier alpha value is -2.87. The summed E-state index contributed by atoms with van der Waals surface area (Å²) < 4.78 is 0. The molecular weight excluding hydrogens is 310 g/mol. The summed E-state index contributed by atoms with van der Waals surface area (Å²) in [6, 6.07) is 6.69. The van der Waals surface area contributed by atoms with Gasteiger partial charge in [0.05, 0.1) is 11.7 Å². The van der Waals surface area contributed by atoms with Crippen molar-refractivity contribution in [2.24, 2.45) is 5.73 Å². The van der Waals surface area contributed by atoms with Gasteiger partial charge in [-0.3, -0.25) is 9.59 Å². The third kappa shape index (κ3) is 3.23. The number of H-pyrrole nitrogens is 1. The van der Waals surface area contributed by atoms with Crippen molar-refractivity contribution in [1.29, 1.82) is 0 Å². The lowest BCUT2D eigenvalue weighted by Crippen LogP contribution is -2.37. The number of β-amino-alcohol motifs (C(OH)–C–C–N with tert-alkyl or cyclic N) is 1. The van der Waals surface area contributed by atoms with Crippen molar-refractivity contribution in [3.63, 3.8) is 0 Å². The first-order chi connectivity index (χ1) is 11.6. The highest BCUT2D eigenvalue weighted by Crippen LogP contribution is 2.19. The van der Waals surface area contributed by atoms with Crippen LogP contribution in [0, 0.1) is 0 Å². The monoisotopic (exact) mass is 329 g/mol. The summed E-state index contributed by atoms with van der Waals surface area (Å²) in [6.45, 7) is 1.34. The molecule has 0 bridgehead atoms. The van der Waals surface area contributed by atoms with Crippen molar-refractivity contribution < 1.29 is 14.7 Å². The third-order valence-corrected chi connectivity index (χ3v) is 3.97. The van der Waals surface area contributed by atoms with Crippen LogP contribution in [0.4, 0.5) is 5.82 Å². The second kappa shape index (κ2) is 6.71. The fourth-order valence-corrected chi connectivity index (χ4v) is 2.84. The largest absolute Gasteiger partial charge is 0.389 e. The number of amides is 2. The van der Waals surface area contributed by atoms with Crippen LogP contribution in [0.3, 0.4) is 0 Å². The number of aliphatic hydroxyl groups is 1. The number of nitrogens with one attached hydrogen (secondary N) is 1. The number of hydrogen-bond acceptors (Lipinski definition) is 5. The molecule has 1 aliphatic rings. The molecule has 3 heterocycles. The molecule has 1 atom stereocenters. The van der Waals surface area contributed by atoms with Gasteiger partial charge in [-0.2, -0.15) is 0 Å². The highest BCUT2D eigenvalue weighted by Gasteiger charge is 2.27. The van der Waals surface area contributed by atoms with E-state index in [0.29, 0.717) is 30.2 Å². The van der Waals surface area contributed by atoms with Crippen LogP contribution in [0.25, 0.3) is 0 Å². The second-order valence-electron chi connectivity index (χ2n) is 5.67. The average Bonchev–Trinajstić information content (AvgIpc) is 3.04. The van der Waals surface area contributed by atoms with Crippen LogP contribution in [0.15, 0.2) is 36.7 Å². The number of aromatic nitrogens is 2. The van der Waals surface area contributed by atoms with Gasteiger partial charge < -0.3 is 25.6 Å². The fourth-order valence-electron chi connectivity index (χ4n) is 2.84. The van der Waals surface area contributed by atoms with E-state index in [4.69, 9.17) is 5.73 Å².